The van der Waals surface area contributed by atoms with Crippen LogP contribution in [0, 0.1) is 41.4 Å². The maximum atomic E-state index is 14.5. The highest BCUT2D eigenvalue weighted by atomic mass is 16.5. The van der Waals surface area contributed by atoms with Crippen molar-refractivity contribution in [1.82, 2.24) is 14.7 Å². The molecule has 11 heteroatoms. The predicted molar refractivity (Wildman–Crippen MR) is 249 cm³/mol. The van der Waals surface area contributed by atoms with E-state index in [2.05, 4.69) is 126 Å². The average Bonchev–Trinajstić information content (AvgIpc) is 3.11. The summed E-state index contributed by atoms with van der Waals surface area (Å²) in [6.07, 6.45) is 13.2. The van der Waals surface area contributed by atoms with Gasteiger partial charge in [0.2, 0.25) is 0 Å². The summed E-state index contributed by atoms with van der Waals surface area (Å²) in [5.74, 6) is -7.61. The van der Waals surface area contributed by atoms with Gasteiger partial charge in [0.1, 0.15) is 6.10 Å². The zero-order valence-electron chi connectivity index (χ0n) is 42.4. The van der Waals surface area contributed by atoms with E-state index in [0.717, 1.165) is 70.6 Å². The number of carbonyl (C=O) groups excluding carboxylic acids is 1. The van der Waals surface area contributed by atoms with Crippen LogP contribution >= 0.6 is 0 Å². The van der Waals surface area contributed by atoms with E-state index in [1.165, 1.54) is 19.3 Å². The molecule has 0 bridgehead atoms. The number of carboxylic acids is 3. The largest absolute Gasteiger partial charge is 0.481 e. The molecule has 3 rings (SSSR count). The molecule has 0 aromatic heterocycles. The molecule has 3 aliphatic rings. The summed E-state index contributed by atoms with van der Waals surface area (Å²) in [5.41, 5.74) is -0.483. The Morgan fingerprint density at radius 2 is 0.919 bits per heavy atom. The van der Waals surface area contributed by atoms with Gasteiger partial charge >= 0.3 is 23.9 Å². The average molecular weight is 876 g/mol. The highest BCUT2D eigenvalue weighted by Gasteiger charge is 2.54. The van der Waals surface area contributed by atoms with Crippen molar-refractivity contribution in [2.45, 2.75) is 239 Å². The molecule has 5 unspecified atom stereocenters. The van der Waals surface area contributed by atoms with Crippen LogP contribution in [0.15, 0.2) is 0 Å². The molecule has 0 aliphatic carbocycles. The molecule has 0 aromatic carbocycles. The van der Waals surface area contributed by atoms with Crippen molar-refractivity contribution in [3.8, 4) is 0 Å². The zero-order chi connectivity index (χ0) is 47.4. The van der Waals surface area contributed by atoms with Crippen molar-refractivity contribution in [2.75, 3.05) is 21.1 Å². The van der Waals surface area contributed by atoms with Crippen molar-refractivity contribution in [3.05, 3.63) is 0 Å². The fourth-order valence-corrected chi connectivity index (χ4v) is 13.2. The van der Waals surface area contributed by atoms with Crippen molar-refractivity contribution in [1.29, 1.82) is 0 Å². The molecule has 0 radical (unpaired) electrons. The Labute approximate surface area is 377 Å². The standard InChI is InChI=1S/C51H93N3O8/c1-17-18-19-20-21-22-23-24-40(62-42(57)27-39(45(60)61)38(44(58)59)26-41(55)56)43(36-32-50(10,11)54(16)51(12,13)33-36)37(35-30-48(6,7)53(15)49(8,9)31-35)25-34-28-46(2,3)52(14)47(4,5)29-34/h34-40,43H,17-33H2,1-16H3,(H,55,56)(H,58,59)(H,60,61). The number of unbranched alkanes of at least 4 members (excludes halogenated alkanes) is 6. The monoisotopic (exact) mass is 876 g/mol. The molecule has 3 aliphatic heterocycles. The Morgan fingerprint density at radius 3 is 1.32 bits per heavy atom. The van der Waals surface area contributed by atoms with Crippen LogP contribution in [0.5, 0.6) is 0 Å². The van der Waals surface area contributed by atoms with Crippen molar-refractivity contribution in [2.24, 2.45) is 41.4 Å². The molecule has 3 fully saturated rings. The fraction of sp³-hybridized carbons (Fsp3) is 0.922. The van der Waals surface area contributed by atoms with Gasteiger partial charge in [0.15, 0.2) is 0 Å². The molecule has 3 saturated heterocycles. The Hall–Kier alpha value is -2.24. The minimum Gasteiger partial charge on any atom is -0.481 e. The number of carbonyl (C=O) groups is 4. The lowest BCUT2D eigenvalue weighted by molar-refractivity contribution is -0.169. The first-order valence-electron chi connectivity index (χ1n) is 24.4. The van der Waals surface area contributed by atoms with Crippen LogP contribution in [-0.2, 0) is 23.9 Å². The van der Waals surface area contributed by atoms with Gasteiger partial charge < -0.3 is 20.1 Å². The van der Waals surface area contributed by atoms with Crippen LogP contribution < -0.4 is 0 Å². The summed E-state index contributed by atoms with van der Waals surface area (Å²) >= 11 is 0. The topological polar surface area (TPSA) is 148 Å². The van der Waals surface area contributed by atoms with E-state index in [4.69, 9.17) is 4.74 Å². The summed E-state index contributed by atoms with van der Waals surface area (Å²) in [6, 6.07) is 0. The number of rotatable bonds is 22. The van der Waals surface area contributed by atoms with Gasteiger partial charge in [-0.15, -0.1) is 0 Å². The lowest BCUT2D eigenvalue weighted by Gasteiger charge is -2.60. The van der Waals surface area contributed by atoms with Crippen LogP contribution in [-0.4, -0.2) is 114 Å². The molecule has 0 aromatic rings. The van der Waals surface area contributed by atoms with Gasteiger partial charge in [-0.1, -0.05) is 45.4 Å². The molecule has 5 atom stereocenters. The molecule has 0 spiro atoms. The molecule has 11 nitrogen and oxygen atoms in total. The second-order valence-corrected chi connectivity index (χ2v) is 24.3. The lowest BCUT2D eigenvalue weighted by atomic mass is 9.56. The number of aliphatic carboxylic acids is 3. The second-order valence-electron chi connectivity index (χ2n) is 24.3. The SMILES string of the molecule is CCCCCCCCCC(OC(=O)CC(C(=O)O)C(CC(=O)O)C(=O)O)C(C1CC(C)(C)N(C)C(C)(C)C1)C(CC1CC(C)(C)N(C)C(C)(C)C1)C1CC(C)(C)N(C)C(C)(C)C1. The summed E-state index contributed by atoms with van der Waals surface area (Å²) in [7, 11) is 6.74. The number of likely N-dealkylation sites (tertiary alicyclic amines) is 3. The quantitative estimate of drug-likeness (QED) is 0.0705. The maximum Gasteiger partial charge on any atom is 0.307 e. The van der Waals surface area contributed by atoms with Crippen molar-refractivity contribution < 1.29 is 39.2 Å². The van der Waals surface area contributed by atoms with Crippen LogP contribution in [0.2, 0.25) is 0 Å². The minimum absolute atomic E-state index is 0.0125. The summed E-state index contributed by atoms with van der Waals surface area (Å²) in [4.78, 5) is 58.8. The first kappa shape index (κ1) is 54.1. The highest BCUT2D eigenvalue weighted by Crippen LogP contribution is 2.55. The molecule has 0 saturated carbocycles. The Morgan fingerprint density at radius 1 is 0.548 bits per heavy atom. The normalized spacial score (nSPS) is 25.6. The van der Waals surface area contributed by atoms with Gasteiger partial charge in [-0.3, -0.25) is 33.9 Å². The number of piperidine rings is 3. The summed E-state index contributed by atoms with van der Waals surface area (Å²) < 4.78 is 6.80. The number of ether oxygens (including phenoxy) is 1. The number of carboxylic acid groups (broad SMARTS) is 3. The third kappa shape index (κ3) is 13.6. The Bertz CT molecular complexity index is 1470. The molecule has 62 heavy (non-hydrogen) atoms. The van der Waals surface area contributed by atoms with E-state index in [0.29, 0.717) is 18.3 Å². The molecule has 0 amide bonds. The Kier molecular flexibility index (Phi) is 18.3. The van der Waals surface area contributed by atoms with Gasteiger partial charge in [-0.05, 0) is 186 Å². The maximum absolute atomic E-state index is 14.5. The first-order chi connectivity index (χ1) is 28.3. The van der Waals surface area contributed by atoms with Gasteiger partial charge in [-0.2, -0.15) is 0 Å². The second kappa shape index (κ2) is 20.9. The third-order valence-electron chi connectivity index (χ3n) is 17.0. The van der Waals surface area contributed by atoms with Gasteiger partial charge in [-0.25, -0.2) is 0 Å². The third-order valence-corrected chi connectivity index (χ3v) is 17.0. The number of hydrogen-bond donors (Lipinski definition) is 3. The Balaban J connectivity index is 2.30. The zero-order valence-corrected chi connectivity index (χ0v) is 42.4. The number of nitrogens with zero attached hydrogens (tertiary/aromatic N) is 3. The molecule has 3 N–H and O–H groups in total. The van der Waals surface area contributed by atoms with Crippen LogP contribution in [0.1, 0.15) is 199 Å². The predicted octanol–water partition coefficient (Wildman–Crippen LogP) is 10.6. The van der Waals surface area contributed by atoms with E-state index < -0.39 is 54.7 Å². The van der Waals surface area contributed by atoms with Crippen LogP contribution in [0.3, 0.4) is 0 Å². The van der Waals surface area contributed by atoms with E-state index in [1.807, 2.05) is 0 Å². The minimum atomic E-state index is -1.77. The summed E-state index contributed by atoms with van der Waals surface area (Å²) in [6.45, 7) is 30.5. The van der Waals surface area contributed by atoms with Crippen molar-refractivity contribution >= 4 is 23.9 Å². The van der Waals surface area contributed by atoms with Gasteiger partial charge in [0.25, 0.3) is 0 Å². The van der Waals surface area contributed by atoms with Crippen LogP contribution in [0.4, 0.5) is 0 Å². The van der Waals surface area contributed by atoms with E-state index in [1.54, 1.807) is 0 Å². The molecular weight excluding hydrogens is 783 g/mol. The lowest BCUT2D eigenvalue weighted by Crippen LogP contribution is -2.63. The van der Waals surface area contributed by atoms with E-state index >= 15 is 0 Å². The van der Waals surface area contributed by atoms with Crippen molar-refractivity contribution in [3.63, 3.8) is 0 Å². The molecular formula is C51H93N3O8. The molecule has 3 heterocycles. The number of esters is 1. The van der Waals surface area contributed by atoms with E-state index in [-0.39, 0.29) is 51.0 Å². The smallest absolute Gasteiger partial charge is 0.307 e. The molecule has 360 valence electrons. The van der Waals surface area contributed by atoms with E-state index in [9.17, 15) is 34.5 Å². The van der Waals surface area contributed by atoms with Crippen LogP contribution in [0.25, 0.3) is 0 Å². The number of hydrogen-bond acceptors (Lipinski definition) is 8. The highest BCUT2D eigenvalue weighted by molar-refractivity contribution is 5.86. The first-order valence-corrected chi connectivity index (χ1v) is 24.4. The van der Waals surface area contributed by atoms with Gasteiger partial charge in [0.05, 0.1) is 24.7 Å². The van der Waals surface area contributed by atoms with Gasteiger partial charge in [0, 0.05) is 39.2 Å². The fourth-order valence-electron chi connectivity index (χ4n) is 13.2. The summed E-state index contributed by atoms with van der Waals surface area (Å²) in [5, 5.41) is 29.9.